The van der Waals surface area contributed by atoms with Gasteiger partial charge in [-0.15, -0.1) is 11.3 Å². The Morgan fingerprint density at radius 3 is 2.79 bits per heavy atom. The first-order valence-corrected chi connectivity index (χ1v) is 8.57. The van der Waals surface area contributed by atoms with Gasteiger partial charge in [-0.3, -0.25) is 4.57 Å². The molecule has 0 atom stereocenters. The van der Waals surface area contributed by atoms with Crippen LogP contribution in [0.3, 0.4) is 0 Å². The van der Waals surface area contributed by atoms with Crippen LogP contribution in [0, 0.1) is 13.8 Å². The highest BCUT2D eigenvalue weighted by molar-refractivity contribution is 7.11. The van der Waals surface area contributed by atoms with Crippen LogP contribution in [0.15, 0.2) is 17.4 Å². The third-order valence-corrected chi connectivity index (χ3v) is 4.52. The number of aromatic nitrogens is 3. The lowest BCUT2D eigenvalue weighted by atomic mass is 10.4. The molecule has 0 aliphatic rings. The van der Waals surface area contributed by atoms with E-state index in [1.165, 1.54) is 17.3 Å². The Hall–Kier alpha value is -2.03. The van der Waals surface area contributed by atoms with Gasteiger partial charge in [0.25, 0.3) is 0 Å². The average molecular weight is 356 g/mol. The number of nitrogens with zero attached hydrogens (tertiary/aromatic N) is 4. The van der Waals surface area contributed by atoms with E-state index in [4.69, 9.17) is 0 Å². The number of nitrogens with one attached hydrogen (secondary N) is 2. The molecular weight excluding hydrogens is 334 g/mol. The third kappa shape index (κ3) is 4.98. The van der Waals surface area contributed by atoms with E-state index in [0.29, 0.717) is 19.0 Å². The molecular formula is C15H22F2N6S. The number of rotatable bonds is 7. The molecule has 0 spiro atoms. The maximum atomic E-state index is 12.8. The van der Waals surface area contributed by atoms with Gasteiger partial charge in [0, 0.05) is 36.8 Å². The van der Waals surface area contributed by atoms with E-state index in [1.54, 1.807) is 11.3 Å². The zero-order valence-corrected chi connectivity index (χ0v) is 14.8. The Morgan fingerprint density at radius 1 is 1.38 bits per heavy atom. The summed E-state index contributed by atoms with van der Waals surface area (Å²) in [6, 6.07) is 0. The molecule has 0 saturated heterocycles. The summed E-state index contributed by atoms with van der Waals surface area (Å²) in [6.45, 7) is 4.84. The van der Waals surface area contributed by atoms with Gasteiger partial charge >= 0.3 is 6.55 Å². The van der Waals surface area contributed by atoms with Gasteiger partial charge in [-0.2, -0.15) is 8.78 Å². The zero-order chi connectivity index (χ0) is 17.5. The van der Waals surface area contributed by atoms with E-state index in [1.807, 2.05) is 13.8 Å². The molecule has 0 radical (unpaired) electrons. The molecule has 132 valence electrons. The number of aryl methyl sites for hydroxylation is 2. The fraction of sp³-hybridized carbons (Fsp3) is 0.533. The van der Waals surface area contributed by atoms with E-state index in [-0.39, 0.29) is 12.4 Å². The second kappa shape index (κ2) is 8.72. The number of hydrogen-bond donors (Lipinski definition) is 2. The number of thiazole rings is 1. The molecule has 2 heterocycles. The molecule has 2 aromatic heterocycles. The van der Waals surface area contributed by atoms with E-state index in [9.17, 15) is 8.78 Å². The molecule has 0 aromatic carbocycles. The molecule has 6 nitrogen and oxygen atoms in total. The van der Waals surface area contributed by atoms with Crippen molar-refractivity contribution >= 4 is 17.3 Å². The molecule has 2 rings (SSSR count). The molecule has 0 aliphatic carbocycles. The highest BCUT2D eigenvalue weighted by atomic mass is 32.1. The molecule has 2 N–H and O–H groups in total. The molecule has 9 heteroatoms. The molecule has 0 bridgehead atoms. The van der Waals surface area contributed by atoms with E-state index >= 15 is 0 Å². The molecule has 24 heavy (non-hydrogen) atoms. The van der Waals surface area contributed by atoms with Crippen molar-refractivity contribution in [3.05, 3.63) is 33.8 Å². The number of aliphatic imine (C=N–C) groups is 1. The summed E-state index contributed by atoms with van der Waals surface area (Å²) >= 11 is 1.69. The lowest BCUT2D eigenvalue weighted by Crippen LogP contribution is -2.38. The topological polar surface area (TPSA) is 67.1 Å². The first kappa shape index (κ1) is 18.3. The van der Waals surface area contributed by atoms with Gasteiger partial charge in [-0.05, 0) is 20.8 Å². The van der Waals surface area contributed by atoms with Crippen LogP contribution in [-0.4, -0.2) is 33.6 Å². The van der Waals surface area contributed by atoms with Crippen LogP contribution in [0.1, 0.15) is 34.9 Å². The number of imidazole rings is 1. The van der Waals surface area contributed by atoms with Gasteiger partial charge in [-0.25, -0.2) is 15.0 Å². The largest absolute Gasteiger partial charge is 0.357 e. The molecule has 0 fully saturated rings. The van der Waals surface area contributed by atoms with Gasteiger partial charge < -0.3 is 10.6 Å². The Bertz CT molecular complexity index is 660. The molecule has 0 unspecified atom stereocenters. The van der Waals surface area contributed by atoms with Crippen molar-refractivity contribution in [1.29, 1.82) is 0 Å². The predicted octanol–water partition coefficient (Wildman–Crippen LogP) is 2.65. The summed E-state index contributed by atoms with van der Waals surface area (Å²) in [5.74, 6) is 0.805. The number of hydrogen-bond acceptors (Lipinski definition) is 4. The normalized spacial score (nSPS) is 12.0. The number of guanidine groups is 1. The van der Waals surface area contributed by atoms with Gasteiger partial charge in [0.1, 0.15) is 12.4 Å². The molecule has 0 aliphatic heterocycles. The maximum absolute atomic E-state index is 12.8. The minimum absolute atomic E-state index is 0.0855. The van der Waals surface area contributed by atoms with Crippen molar-refractivity contribution in [3.63, 3.8) is 0 Å². The van der Waals surface area contributed by atoms with Crippen molar-refractivity contribution < 1.29 is 8.78 Å². The molecule has 0 amide bonds. The Labute approximate surface area is 144 Å². The smallest absolute Gasteiger partial charge is 0.319 e. The summed E-state index contributed by atoms with van der Waals surface area (Å²) in [4.78, 5) is 14.0. The first-order chi connectivity index (χ1) is 11.5. The first-order valence-electron chi connectivity index (χ1n) is 7.76. The molecule has 0 saturated carbocycles. The van der Waals surface area contributed by atoms with E-state index in [0.717, 1.165) is 21.7 Å². The third-order valence-electron chi connectivity index (χ3n) is 3.39. The Morgan fingerprint density at radius 2 is 2.17 bits per heavy atom. The highest BCUT2D eigenvalue weighted by Crippen LogP contribution is 2.16. The number of halogens is 2. The SMILES string of the molecule is CCNC(=NCc1nccn1C(F)F)NCCc1nc(C)c(C)s1. The number of alkyl halides is 2. The predicted molar refractivity (Wildman–Crippen MR) is 91.6 cm³/mol. The quantitative estimate of drug-likeness (QED) is 0.591. The van der Waals surface area contributed by atoms with Crippen LogP contribution in [0.25, 0.3) is 0 Å². The molecule has 2 aromatic rings. The maximum Gasteiger partial charge on any atom is 0.319 e. The van der Waals surface area contributed by atoms with Gasteiger partial charge in [0.05, 0.1) is 10.7 Å². The van der Waals surface area contributed by atoms with Gasteiger partial charge in [-0.1, -0.05) is 0 Å². The lowest BCUT2D eigenvalue weighted by molar-refractivity contribution is 0.0671. The fourth-order valence-corrected chi connectivity index (χ4v) is 3.00. The summed E-state index contributed by atoms with van der Waals surface area (Å²) in [5.41, 5.74) is 1.06. The van der Waals surface area contributed by atoms with Crippen molar-refractivity contribution in [3.8, 4) is 0 Å². The van der Waals surface area contributed by atoms with Crippen LogP contribution >= 0.6 is 11.3 Å². The Balaban J connectivity index is 1.91. The van der Waals surface area contributed by atoms with Crippen molar-refractivity contribution in [2.45, 2.75) is 40.3 Å². The average Bonchev–Trinajstić information content (AvgIpc) is 3.12. The summed E-state index contributed by atoms with van der Waals surface area (Å²) in [5, 5.41) is 7.35. The zero-order valence-electron chi connectivity index (χ0n) is 14.0. The Kier molecular flexibility index (Phi) is 6.65. The minimum Gasteiger partial charge on any atom is -0.357 e. The van der Waals surface area contributed by atoms with Crippen LogP contribution in [0.5, 0.6) is 0 Å². The second-order valence-corrected chi connectivity index (χ2v) is 6.44. The van der Waals surface area contributed by atoms with Crippen LogP contribution in [0.2, 0.25) is 0 Å². The summed E-state index contributed by atoms with van der Waals surface area (Å²) in [7, 11) is 0. The van der Waals surface area contributed by atoms with Crippen molar-refractivity contribution in [2.75, 3.05) is 13.1 Å². The second-order valence-electron chi connectivity index (χ2n) is 5.15. The monoisotopic (exact) mass is 356 g/mol. The van der Waals surface area contributed by atoms with Gasteiger partial charge in [0.15, 0.2) is 5.96 Å². The lowest BCUT2D eigenvalue weighted by Gasteiger charge is -2.11. The highest BCUT2D eigenvalue weighted by Gasteiger charge is 2.11. The minimum atomic E-state index is -2.61. The fourth-order valence-electron chi connectivity index (χ4n) is 2.07. The summed E-state index contributed by atoms with van der Waals surface area (Å²) in [6.07, 6.45) is 3.39. The van der Waals surface area contributed by atoms with Crippen LogP contribution in [-0.2, 0) is 13.0 Å². The van der Waals surface area contributed by atoms with Gasteiger partial charge in [0.2, 0.25) is 0 Å². The summed E-state index contributed by atoms with van der Waals surface area (Å²) < 4.78 is 26.4. The van der Waals surface area contributed by atoms with Crippen molar-refractivity contribution in [1.82, 2.24) is 25.2 Å². The van der Waals surface area contributed by atoms with Crippen LogP contribution in [0.4, 0.5) is 8.78 Å². The van der Waals surface area contributed by atoms with Crippen molar-refractivity contribution in [2.24, 2.45) is 4.99 Å². The standard InChI is InChI=1S/C15H22F2N6S/c1-4-18-15(20-6-5-13-22-10(2)11(3)24-13)21-9-12-19-7-8-23(12)14(16)17/h7-8,14H,4-6,9H2,1-3H3,(H2,18,20,21). The van der Waals surface area contributed by atoms with Crippen LogP contribution < -0.4 is 10.6 Å². The van der Waals surface area contributed by atoms with E-state index < -0.39 is 6.55 Å². The van der Waals surface area contributed by atoms with E-state index in [2.05, 4.69) is 32.5 Å².